The molecule has 1 unspecified atom stereocenters. The molecule has 2 nitrogen and oxygen atoms in total. The lowest BCUT2D eigenvalue weighted by atomic mass is 9.96. The Morgan fingerprint density at radius 2 is 2.40 bits per heavy atom. The molecule has 0 saturated carbocycles. The quantitative estimate of drug-likeness (QED) is 0.796. The molecule has 0 aromatic carbocycles. The molecule has 0 aliphatic carbocycles. The Morgan fingerprint density at radius 3 is 3.20 bits per heavy atom. The van der Waals surface area contributed by atoms with Gasteiger partial charge in [-0.05, 0) is 27.4 Å². The molecular weight excluding hydrogens is 276 g/mol. The average molecular weight is 285 g/mol. The number of fused-ring (bicyclic) bond motifs is 1. The van der Waals surface area contributed by atoms with Crippen LogP contribution < -0.4 is 0 Å². The average Bonchev–Trinajstić information content (AvgIpc) is 2.88. The van der Waals surface area contributed by atoms with Crippen LogP contribution in [0.25, 0.3) is 0 Å². The smallest absolute Gasteiger partial charge is 0.174 e. The monoisotopic (exact) mass is 284 g/mol. The zero-order valence-electron chi connectivity index (χ0n) is 7.90. The highest BCUT2D eigenvalue weighted by Crippen LogP contribution is 2.38. The SMILES string of the molecule is Brc1occ2c1COCC2c1cccs1. The van der Waals surface area contributed by atoms with E-state index in [1.165, 1.54) is 10.4 Å². The molecule has 0 bridgehead atoms. The second-order valence-corrected chi connectivity index (χ2v) is 5.23. The summed E-state index contributed by atoms with van der Waals surface area (Å²) in [5, 5.41) is 2.10. The molecule has 1 aliphatic rings. The van der Waals surface area contributed by atoms with E-state index in [0.717, 1.165) is 16.8 Å². The van der Waals surface area contributed by atoms with Crippen LogP contribution in [0.4, 0.5) is 0 Å². The van der Waals surface area contributed by atoms with Crippen molar-refractivity contribution in [2.45, 2.75) is 12.5 Å². The zero-order chi connectivity index (χ0) is 10.3. The third-order valence-corrected chi connectivity index (χ3v) is 4.32. The second kappa shape index (κ2) is 3.77. The van der Waals surface area contributed by atoms with E-state index >= 15 is 0 Å². The Balaban J connectivity index is 2.07. The van der Waals surface area contributed by atoms with Gasteiger partial charge in [0, 0.05) is 21.9 Å². The molecule has 0 radical (unpaired) electrons. The van der Waals surface area contributed by atoms with Gasteiger partial charge < -0.3 is 9.15 Å². The minimum atomic E-state index is 0.337. The zero-order valence-corrected chi connectivity index (χ0v) is 10.3. The van der Waals surface area contributed by atoms with Gasteiger partial charge in [-0.1, -0.05) is 6.07 Å². The molecule has 3 heterocycles. The van der Waals surface area contributed by atoms with Gasteiger partial charge in [0.15, 0.2) is 4.67 Å². The maximum Gasteiger partial charge on any atom is 0.174 e. The van der Waals surface area contributed by atoms with Gasteiger partial charge in [-0.2, -0.15) is 0 Å². The summed E-state index contributed by atoms with van der Waals surface area (Å²) in [6, 6.07) is 4.22. The van der Waals surface area contributed by atoms with Crippen molar-refractivity contribution < 1.29 is 9.15 Å². The standard InChI is InChI=1S/C11H9BrO2S/c12-11-9-5-13-4-8(7(9)6-14-11)10-2-1-3-15-10/h1-3,6,8H,4-5H2. The van der Waals surface area contributed by atoms with Crippen molar-refractivity contribution in [3.63, 3.8) is 0 Å². The van der Waals surface area contributed by atoms with E-state index in [1.807, 2.05) is 6.26 Å². The first kappa shape index (κ1) is 9.63. The molecule has 0 fully saturated rings. The van der Waals surface area contributed by atoms with Gasteiger partial charge in [0.25, 0.3) is 0 Å². The van der Waals surface area contributed by atoms with Crippen molar-refractivity contribution in [1.29, 1.82) is 0 Å². The first-order valence-electron chi connectivity index (χ1n) is 4.73. The summed E-state index contributed by atoms with van der Waals surface area (Å²) in [6.45, 7) is 1.40. The second-order valence-electron chi connectivity index (χ2n) is 3.53. The van der Waals surface area contributed by atoms with Crippen molar-refractivity contribution in [1.82, 2.24) is 0 Å². The fraction of sp³-hybridized carbons (Fsp3) is 0.273. The number of furan rings is 1. The normalized spacial score (nSPS) is 20.2. The van der Waals surface area contributed by atoms with Gasteiger partial charge in [-0.25, -0.2) is 0 Å². The van der Waals surface area contributed by atoms with Crippen molar-refractivity contribution >= 4 is 27.3 Å². The molecule has 0 saturated heterocycles. The Morgan fingerprint density at radius 1 is 1.47 bits per heavy atom. The summed E-state index contributed by atoms with van der Waals surface area (Å²) in [5.41, 5.74) is 2.41. The third-order valence-electron chi connectivity index (χ3n) is 2.67. The van der Waals surface area contributed by atoms with Crippen molar-refractivity contribution in [2.75, 3.05) is 6.61 Å². The predicted molar refractivity (Wildman–Crippen MR) is 62.2 cm³/mol. The third kappa shape index (κ3) is 1.57. The van der Waals surface area contributed by atoms with Crippen LogP contribution in [0.5, 0.6) is 0 Å². The lowest BCUT2D eigenvalue weighted by molar-refractivity contribution is 0.100. The fourth-order valence-corrected chi connectivity index (χ4v) is 3.16. The van der Waals surface area contributed by atoms with E-state index in [2.05, 4.69) is 33.4 Å². The van der Waals surface area contributed by atoms with Crippen LogP contribution in [0.1, 0.15) is 21.9 Å². The molecule has 2 aromatic heterocycles. The van der Waals surface area contributed by atoms with E-state index in [0.29, 0.717) is 12.5 Å². The Hall–Kier alpha value is -0.580. The summed E-state index contributed by atoms with van der Waals surface area (Å²) in [5.74, 6) is 0.337. The minimum absolute atomic E-state index is 0.337. The summed E-state index contributed by atoms with van der Waals surface area (Å²) in [6.07, 6.45) is 1.84. The maximum absolute atomic E-state index is 5.59. The number of halogens is 1. The Bertz CT molecular complexity index is 461. The van der Waals surface area contributed by atoms with Gasteiger partial charge in [0.2, 0.25) is 0 Å². The van der Waals surface area contributed by atoms with Gasteiger partial charge in [-0.3, -0.25) is 0 Å². The number of hydrogen-bond donors (Lipinski definition) is 0. The number of ether oxygens (including phenoxy) is 1. The van der Waals surface area contributed by atoms with Crippen molar-refractivity contribution in [2.24, 2.45) is 0 Å². The van der Waals surface area contributed by atoms with Crippen molar-refractivity contribution in [3.05, 3.63) is 44.4 Å². The molecule has 3 rings (SSSR count). The maximum atomic E-state index is 5.59. The topological polar surface area (TPSA) is 22.4 Å². The van der Waals surface area contributed by atoms with Crippen LogP contribution in [0.15, 0.2) is 32.9 Å². The van der Waals surface area contributed by atoms with Gasteiger partial charge in [0.05, 0.1) is 19.5 Å². The highest BCUT2D eigenvalue weighted by molar-refractivity contribution is 9.10. The van der Waals surface area contributed by atoms with E-state index in [4.69, 9.17) is 9.15 Å². The first-order chi connectivity index (χ1) is 7.36. The summed E-state index contributed by atoms with van der Waals surface area (Å²) >= 11 is 5.16. The van der Waals surface area contributed by atoms with E-state index in [9.17, 15) is 0 Å². The van der Waals surface area contributed by atoms with Gasteiger partial charge >= 0.3 is 0 Å². The fourth-order valence-electron chi connectivity index (χ4n) is 1.90. The summed E-state index contributed by atoms with van der Waals surface area (Å²) < 4.78 is 11.8. The molecular formula is C11H9BrO2S. The van der Waals surface area contributed by atoms with Crippen LogP contribution in [-0.4, -0.2) is 6.61 Å². The highest BCUT2D eigenvalue weighted by Gasteiger charge is 2.27. The lowest BCUT2D eigenvalue weighted by Gasteiger charge is -2.21. The molecule has 15 heavy (non-hydrogen) atoms. The molecule has 4 heteroatoms. The Kier molecular flexibility index (Phi) is 2.42. The molecule has 1 atom stereocenters. The van der Waals surface area contributed by atoms with Crippen LogP contribution in [-0.2, 0) is 11.3 Å². The Labute approximate surface area is 100.0 Å². The largest absolute Gasteiger partial charge is 0.457 e. The summed E-state index contributed by atoms with van der Waals surface area (Å²) in [4.78, 5) is 1.34. The minimum Gasteiger partial charge on any atom is -0.457 e. The lowest BCUT2D eigenvalue weighted by Crippen LogP contribution is -2.15. The molecule has 0 spiro atoms. The summed E-state index contributed by atoms with van der Waals surface area (Å²) in [7, 11) is 0. The van der Waals surface area contributed by atoms with Gasteiger partial charge in [-0.15, -0.1) is 11.3 Å². The number of hydrogen-bond acceptors (Lipinski definition) is 3. The predicted octanol–water partition coefficient (Wildman–Crippen LogP) is 3.77. The molecule has 78 valence electrons. The number of rotatable bonds is 1. The first-order valence-corrected chi connectivity index (χ1v) is 6.40. The van der Waals surface area contributed by atoms with E-state index < -0.39 is 0 Å². The molecule has 0 amide bonds. The van der Waals surface area contributed by atoms with Crippen LogP contribution >= 0.6 is 27.3 Å². The van der Waals surface area contributed by atoms with E-state index in [-0.39, 0.29) is 0 Å². The molecule has 0 N–H and O–H groups in total. The number of thiophene rings is 1. The molecule has 1 aliphatic heterocycles. The van der Waals surface area contributed by atoms with Crippen molar-refractivity contribution in [3.8, 4) is 0 Å². The highest BCUT2D eigenvalue weighted by atomic mass is 79.9. The molecule has 2 aromatic rings. The van der Waals surface area contributed by atoms with Gasteiger partial charge in [0.1, 0.15) is 0 Å². The van der Waals surface area contributed by atoms with Crippen LogP contribution in [0.3, 0.4) is 0 Å². The van der Waals surface area contributed by atoms with Crippen LogP contribution in [0, 0.1) is 0 Å². The van der Waals surface area contributed by atoms with Crippen LogP contribution in [0.2, 0.25) is 0 Å². The van der Waals surface area contributed by atoms with E-state index in [1.54, 1.807) is 11.3 Å².